The van der Waals surface area contributed by atoms with E-state index in [4.69, 9.17) is 37.4 Å². The van der Waals surface area contributed by atoms with Crippen LogP contribution >= 0.6 is 34.5 Å². The summed E-state index contributed by atoms with van der Waals surface area (Å²) in [5.41, 5.74) is 1.31. The fourth-order valence-corrected chi connectivity index (χ4v) is 8.99. The molecule has 3 aliphatic rings. The molecule has 4 aromatic rings. The zero-order chi connectivity index (χ0) is 36.3. The van der Waals surface area contributed by atoms with Crippen molar-refractivity contribution < 1.29 is 38.8 Å². The topological polar surface area (TPSA) is 124 Å². The van der Waals surface area contributed by atoms with Gasteiger partial charge in [0.2, 0.25) is 12.4 Å². The summed E-state index contributed by atoms with van der Waals surface area (Å²) < 4.78 is 18.1. The van der Waals surface area contributed by atoms with E-state index < -0.39 is 17.4 Å². The minimum absolute atomic E-state index is 0.0312. The molecule has 2 N–H and O–H groups in total. The number of carboxylic acid groups (broad SMARTS) is 1. The van der Waals surface area contributed by atoms with Crippen molar-refractivity contribution in [2.45, 2.75) is 56.7 Å². The summed E-state index contributed by atoms with van der Waals surface area (Å²) in [5, 5.41) is 26.7. The van der Waals surface area contributed by atoms with Gasteiger partial charge in [-0.15, -0.1) is 11.3 Å². The number of rotatable bonds is 14. The number of carbonyl (C=O) groups is 2. The number of nitrogens with zero attached hydrogens (tertiary/aromatic N) is 2. The molecule has 0 spiro atoms. The summed E-state index contributed by atoms with van der Waals surface area (Å²) in [6.45, 7) is 4.92. The molecule has 2 aromatic carbocycles. The maximum atomic E-state index is 14.3. The molecule has 5 heterocycles. The molecule has 10 nitrogen and oxygen atoms in total. The number of halogens is 2. The number of carbonyl (C=O) groups excluding carboxylic acids is 2. The SMILES string of the molecule is CCC(NCc1cc([C@@H](Cc2c(Cl)c[n+](O)cc2Cl)c2ccc(OC)c(OC)c2)c(C(=O)[O-])s1)(C(=O)O[C@H]1CN2CCC1CC2)c1ccccc1. The highest BCUT2D eigenvalue weighted by Crippen LogP contribution is 2.41. The van der Waals surface area contributed by atoms with Crippen LogP contribution in [0.25, 0.3) is 0 Å². The van der Waals surface area contributed by atoms with Crippen molar-refractivity contribution >= 4 is 46.5 Å². The van der Waals surface area contributed by atoms with Crippen LogP contribution < -0.4 is 24.6 Å². The minimum atomic E-state index is -1.34. The molecule has 0 aliphatic carbocycles. The van der Waals surface area contributed by atoms with E-state index in [-0.39, 0.29) is 40.0 Å². The molecule has 3 aliphatic heterocycles. The third-order valence-electron chi connectivity index (χ3n) is 10.2. The van der Waals surface area contributed by atoms with Crippen LogP contribution in [0.1, 0.15) is 68.9 Å². The van der Waals surface area contributed by atoms with Crippen LogP contribution in [0.3, 0.4) is 0 Å². The van der Waals surface area contributed by atoms with E-state index in [1.807, 2.05) is 49.4 Å². The van der Waals surface area contributed by atoms with Gasteiger partial charge < -0.3 is 24.1 Å². The predicted molar refractivity (Wildman–Crippen MR) is 192 cm³/mol. The first kappa shape index (κ1) is 36.9. The third kappa shape index (κ3) is 7.68. The molecule has 3 saturated heterocycles. The average molecular weight is 755 g/mol. The fraction of sp³-hybridized carbons (Fsp3) is 0.395. The average Bonchev–Trinajstić information content (AvgIpc) is 3.57. The van der Waals surface area contributed by atoms with Crippen molar-refractivity contribution in [3.63, 3.8) is 0 Å². The summed E-state index contributed by atoms with van der Waals surface area (Å²) in [4.78, 5) is 30.1. The second-order valence-corrected chi connectivity index (χ2v) is 15.0. The number of aromatic nitrogens is 1. The number of nitrogens with one attached hydrogen (secondary N) is 1. The van der Waals surface area contributed by atoms with E-state index in [2.05, 4.69) is 10.2 Å². The number of esters is 1. The Morgan fingerprint density at radius 2 is 1.75 bits per heavy atom. The van der Waals surface area contributed by atoms with Crippen LogP contribution in [0.15, 0.2) is 67.0 Å². The van der Waals surface area contributed by atoms with Crippen LogP contribution in [0.5, 0.6) is 11.5 Å². The fourth-order valence-electron chi connectivity index (χ4n) is 7.39. The number of ether oxygens (including phenoxy) is 3. The highest BCUT2D eigenvalue weighted by molar-refractivity contribution is 7.14. The number of hydrogen-bond donors (Lipinski definition) is 2. The predicted octanol–water partition coefficient (Wildman–Crippen LogP) is 5.37. The number of benzene rings is 2. The first-order valence-corrected chi connectivity index (χ1v) is 18.5. The lowest BCUT2D eigenvalue weighted by molar-refractivity contribution is -0.904. The molecule has 1 unspecified atom stereocenters. The van der Waals surface area contributed by atoms with E-state index >= 15 is 0 Å². The Hall–Kier alpha value is -3.87. The van der Waals surface area contributed by atoms with Crippen LogP contribution in [0.4, 0.5) is 0 Å². The van der Waals surface area contributed by atoms with E-state index in [1.165, 1.54) is 26.6 Å². The molecule has 270 valence electrons. The number of fused-ring (bicyclic) bond motifs is 3. The van der Waals surface area contributed by atoms with Gasteiger partial charge in [0.15, 0.2) is 11.5 Å². The Labute approximate surface area is 311 Å². The molecule has 51 heavy (non-hydrogen) atoms. The van der Waals surface area contributed by atoms with Crippen LogP contribution in [-0.4, -0.2) is 62.0 Å². The Balaban J connectivity index is 1.37. The molecular formula is C38H41Cl2N3O7S. The molecule has 2 aromatic heterocycles. The summed E-state index contributed by atoms with van der Waals surface area (Å²) in [6, 6.07) is 16.7. The second kappa shape index (κ2) is 15.8. The number of piperidine rings is 3. The first-order chi connectivity index (χ1) is 24.6. The molecule has 0 saturated carbocycles. The molecule has 7 rings (SSSR count). The van der Waals surface area contributed by atoms with Gasteiger partial charge in [-0.2, -0.15) is 0 Å². The van der Waals surface area contributed by atoms with E-state index in [1.54, 1.807) is 12.1 Å². The van der Waals surface area contributed by atoms with Crippen molar-refractivity contribution in [3.05, 3.63) is 109 Å². The van der Waals surface area contributed by atoms with Gasteiger partial charge in [-0.25, -0.2) is 4.79 Å². The monoisotopic (exact) mass is 753 g/mol. The third-order valence-corrected chi connectivity index (χ3v) is 12.0. The minimum Gasteiger partial charge on any atom is -0.544 e. The largest absolute Gasteiger partial charge is 0.544 e. The van der Waals surface area contributed by atoms with Gasteiger partial charge in [0, 0.05) is 34.2 Å². The number of carboxylic acids is 1. The maximum absolute atomic E-state index is 14.3. The Kier molecular flexibility index (Phi) is 11.4. The summed E-state index contributed by atoms with van der Waals surface area (Å²) in [5.74, 6) is -0.949. The molecule has 13 heteroatoms. The standard InChI is InChI=1S/C38H41Cl2N3O7S/c1-4-38(25-8-6-5-7-9-25,37(46)50-34-22-42-14-12-23(34)13-15-42)41-19-26-17-28(35(51-26)36(44)45)27(18-29-30(39)20-43(47)21-31(29)40)24-10-11-32(48-2)33(16-24)49-3/h5-11,16-17,20-21,23,27,34,41H,4,12-15,18-19,22H2,1-3H3,(H-,44,45,47)/t27-,34-,38?/m0/s1. The highest BCUT2D eigenvalue weighted by atomic mass is 35.5. The van der Waals surface area contributed by atoms with Crippen LogP contribution in [-0.2, 0) is 28.0 Å². The van der Waals surface area contributed by atoms with Crippen molar-refractivity contribution in [3.8, 4) is 11.5 Å². The van der Waals surface area contributed by atoms with E-state index in [0.29, 0.717) is 45.4 Å². The Morgan fingerprint density at radius 3 is 2.33 bits per heavy atom. The van der Waals surface area contributed by atoms with Crippen LogP contribution in [0.2, 0.25) is 10.0 Å². The molecular weight excluding hydrogens is 713 g/mol. The summed E-state index contributed by atoms with van der Waals surface area (Å²) in [7, 11) is 3.06. The second-order valence-electron chi connectivity index (χ2n) is 13.0. The van der Waals surface area contributed by atoms with Gasteiger partial charge >= 0.3 is 5.97 Å². The van der Waals surface area contributed by atoms with Gasteiger partial charge in [-0.3, -0.25) is 15.4 Å². The molecule has 0 radical (unpaired) electrons. The number of thiophene rings is 1. The molecule has 3 atom stereocenters. The molecule has 2 bridgehead atoms. The number of methoxy groups -OCH3 is 2. The van der Waals surface area contributed by atoms with Gasteiger partial charge in [0.25, 0.3) is 0 Å². The van der Waals surface area contributed by atoms with Gasteiger partial charge in [-0.05, 0) is 79.6 Å². The number of hydrogen-bond acceptors (Lipinski definition) is 10. The van der Waals surface area contributed by atoms with Gasteiger partial charge in [-0.1, -0.05) is 66.5 Å². The lowest BCUT2D eigenvalue weighted by Gasteiger charge is -2.45. The lowest BCUT2D eigenvalue weighted by atomic mass is 9.84. The van der Waals surface area contributed by atoms with Crippen molar-refractivity contribution in [2.24, 2.45) is 5.92 Å². The first-order valence-electron chi connectivity index (χ1n) is 16.9. The van der Waals surface area contributed by atoms with Gasteiger partial charge in [0.1, 0.15) is 21.7 Å². The normalized spacial score (nSPS) is 20.0. The van der Waals surface area contributed by atoms with Crippen LogP contribution in [0, 0.1) is 5.92 Å². The van der Waals surface area contributed by atoms with E-state index in [9.17, 15) is 19.9 Å². The maximum Gasteiger partial charge on any atom is 0.331 e. The van der Waals surface area contributed by atoms with Crippen molar-refractivity contribution in [1.82, 2.24) is 10.2 Å². The zero-order valence-corrected chi connectivity index (χ0v) is 31.0. The lowest BCUT2D eigenvalue weighted by Crippen LogP contribution is -2.56. The smallest absolute Gasteiger partial charge is 0.331 e. The summed E-state index contributed by atoms with van der Waals surface area (Å²) >= 11 is 14.2. The zero-order valence-electron chi connectivity index (χ0n) is 28.7. The highest BCUT2D eigenvalue weighted by Gasteiger charge is 2.44. The molecule has 0 amide bonds. The quantitative estimate of drug-likeness (QED) is 0.0995. The number of pyridine rings is 1. The molecule has 3 fully saturated rings. The van der Waals surface area contributed by atoms with Gasteiger partial charge in [0.05, 0.1) is 25.1 Å². The number of aromatic carboxylic acids is 1. The van der Waals surface area contributed by atoms with Crippen molar-refractivity contribution in [1.29, 1.82) is 0 Å². The van der Waals surface area contributed by atoms with Crippen molar-refractivity contribution in [2.75, 3.05) is 33.9 Å². The van der Waals surface area contributed by atoms with E-state index in [0.717, 1.165) is 54.1 Å². The summed E-state index contributed by atoms with van der Waals surface area (Å²) in [6.07, 6.45) is 5.09. The Morgan fingerprint density at radius 1 is 1.06 bits per heavy atom. The Bertz CT molecular complexity index is 1860.